The summed E-state index contributed by atoms with van der Waals surface area (Å²) < 4.78 is 31.3. The molecule has 8 heteroatoms. The van der Waals surface area contributed by atoms with Crippen molar-refractivity contribution >= 4 is 16.0 Å². The van der Waals surface area contributed by atoms with Crippen LogP contribution in [-0.4, -0.2) is 33.1 Å². The van der Waals surface area contributed by atoms with Gasteiger partial charge in [-0.3, -0.25) is 4.79 Å². The molecule has 0 radical (unpaired) electrons. The van der Waals surface area contributed by atoms with Crippen molar-refractivity contribution in [2.24, 2.45) is 0 Å². The van der Waals surface area contributed by atoms with Gasteiger partial charge in [-0.05, 0) is 23.8 Å². The summed E-state index contributed by atoms with van der Waals surface area (Å²) in [4.78, 5) is 10.7. The molecular weight excluding hydrogens is 284 g/mol. The van der Waals surface area contributed by atoms with Crippen LogP contribution in [0.4, 0.5) is 0 Å². The largest absolute Gasteiger partial charge is 0.497 e. The average Bonchev–Trinajstić information content (AvgIpc) is 2.37. The number of nitriles is 1. The van der Waals surface area contributed by atoms with E-state index >= 15 is 0 Å². The Hall–Kier alpha value is -2.11. The molecule has 0 aliphatic heterocycles. The van der Waals surface area contributed by atoms with Crippen molar-refractivity contribution in [3.05, 3.63) is 23.8 Å². The van der Waals surface area contributed by atoms with Crippen LogP contribution in [0.3, 0.4) is 0 Å². The topological polar surface area (TPSA) is 116 Å². The predicted octanol–water partition coefficient (Wildman–Crippen LogP) is 0.514. The summed E-state index contributed by atoms with van der Waals surface area (Å²) in [7, 11) is -2.45. The Kier molecular flexibility index (Phi) is 5.49. The van der Waals surface area contributed by atoms with Crippen LogP contribution >= 0.6 is 0 Å². The summed E-state index contributed by atoms with van der Waals surface area (Å²) in [6.45, 7) is -0.0304. The van der Waals surface area contributed by atoms with Gasteiger partial charge < -0.3 is 9.84 Å². The summed E-state index contributed by atoms with van der Waals surface area (Å²) >= 11 is 0. The van der Waals surface area contributed by atoms with Gasteiger partial charge in [0.2, 0.25) is 10.0 Å². The molecule has 1 aromatic carbocycles. The number of hydrogen-bond acceptors (Lipinski definition) is 5. The van der Waals surface area contributed by atoms with Crippen molar-refractivity contribution in [2.45, 2.75) is 17.7 Å². The van der Waals surface area contributed by atoms with Gasteiger partial charge in [-0.25, -0.2) is 13.1 Å². The van der Waals surface area contributed by atoms with Crippen LogP contribution in [-0.2, 0) is 21.2 Å². The molecule has 0 spiro atoms. The summed E-state index contributed by atoms with van der Waals surface area (Å²) in [5, 5.41) is 17.2. The molecule has 0 aliphatic rings. The maximum atomic E-state index is 12.1. The van der Waals surface area contributed by atoms with E-state index in [9.17, 15) is 13.2 Å². The van der Waals surface area contributed by atoms with Crippen LogP contribution in [0.2, 0.25) is 0 Å². The second-order valence-electron chi connectivity index (χ2n) is 3.85. The average molecular weight is 298 g/mol. The molecule has 0 saturated heterocycles. The van der Waals surface area contributed by atoms with E-state index in [1.54, 1.807) is 0 Å². The number of carboxylic acid groups (broad SMARTS) is 1. The van der Waals surface area contributed by atoms with Crippen LogP contribution in [0.5, 0.6) is 5.75 Å². The lowest BCUT2D eigenvalue weighted by Crippen LogP contribution is -2.26. The van der Waals surface area contributed by atoms with E-state index in [0.29, 0.717) is 5.75 Å². The molecule has 0 bridgehead atoms. The van der Waals surface area contributed by atoms with E-state index in [0.717, 1.165) is 0 Å². The highest BCUT2D eigenvalue weighted by Gasteiger charge is 2.20. The normalized spacial score (nSPS) is 10.8. The number of carbonyl (C=O) groups is 1. The van der Waals surface area contributed by atoms with E-state index in [4.69, 9.17) is 15.1 Å². The maximum Gasteiger partial charge on any atom is 0.307 e. The van der Waals surface area contributed by atoms with Gasteiger partial charge in [0.05, 0.1) is 24.5 Å². The molecule has 20 heavy (non-hydrogen) atoms. The second kappa shape index (κ2) is 6.88. The lowest BCUT2D eigenvalue weighted by Gasteiger charge is -2.11. The van der Waals surface area contributed by atoms with Crippen LogP contribution < -0.4 is 9.46 Å². The van der Waals surface area contributed by atoms with Crippen molar-refractivity contribution in [1.82, 2.24) is 4.72 Å². The molecular formula is C12H14N2O5S. The molecule has 7 nitrogen and oxygen atoms in total. The van der Waals surface area contributed by atoms with Crippen LogP contribution in [0.25, 0.3) is 0 Å². The van der Waals surface area contributed by atoms with Crippen molar-refractivity contribution in [3.63, 3.8) is 0 Å². The minimum atomic E-state index is -3.85. The Balaban J connectivity index is 3.15. The van der Waals surface area contributed by atoms with Gasteiger partial charge in [-0.1, -0.05) is 0 Å². The van der Waals surface area contributed by atoms with Gasteiger partial charge in [0.1, 0.15) is 5.75 Å². The Bertz CT molecular complexity index is 634. The van der Waals surface area contributed by atoms with Crippen molar-refractivity contribution in [3.8, 4) is 11.8 Å². The number of nitrogens with zero attached hydrogens (tertiary/aromatic N) is 1. The number of carboxylic acids is 1. The lowest BCUT2D eigenvalue weighted by molar-refractivity contribution is -0.136. The van der Waals surface area contributed by atoms with Crippen molar-refractivity contribution in [1.29, 1.82) is 5.26 Å². The zero-order chi connectivity index (χ0) is 15.2. The van der Waals surface area contributed by atoms with Crippen molar-refractivity contribution in [2.75, 3.05) is 13.7 Å². The summed E-state index contributed by atoms with van der Waals surface area (Å²) in [6.07, 6.45) is -0.407. The highest BCUT2D eigenvalue weighted by molar-refractivity contribution is 7.89. The fourth-order valence-corrected chi connectivity index (χ4v) is 2.81. The number of aliphatic carboxylic acids is 1. The fraction of sp³-hybridized carbons (Fsp3) is 0.333. The highest BCUT2D eigenvalue weighted by atomic mass is 32.2. The third-order valence-corrected chi connectivity index (χ3v) is 3.99. The number of methoxy groups -OCH3 is 1. The van der Waals surface area contributed by atoms with Gasteiger partial charge in [0.15, 0.2) is 0 Å². The number of sulfonamides is 1. The van der Waals surface area contributed by atoms with E-state index < -0.39 is 22.4 Å². The third kappa shape index (κ3) is 4.22. The molecule has 2 N–H and O–H groups in total. The SMILES string of the molecule is COc1ccc(S(=O)(=O)NCCC#N)c(CC(=O)O)c1. The first kappa shape index (κ1) is 15.9. The first-order valence-corrected chi connectivity index (χ1v) is 7.14. The first-order chi connectivity index (χ1) is 9.40. The molecule has 0 atom stereocenters. The number of rotatable bonds is 7. The smallest absolute Gasteiger partial charge is 0.307 e. The maximum absolute atomic E-state index is 12.1. The molecule has 0 heterocycles. The number of nitrogens with one attached hydrogen (secondary N) is 1. The minimum Gasteiger partial charge on any atom is -0.497 e. The predicted molar refractivity (Wildman–Crippen MR) is 69.8 cm³/mol. The summed E-state index contributed by atoms with van der Waals surface area (Å²) in [6, 6.07) is 5.90. The molecule has 0 amide bonds. The summed E-state index contributed by atoms with van der Waals surface area (Å²) in [5.74, 6) is -0.774. The van der Waals surface area contributed by atoms with Crippen LogP contribution in [0, 0.1) is 11.3 Å². The molecule has 0 saturated carbocycles. The van der Waals surface area contributed by atoms with Crippen LogP contribution in [0.15, 0.2) is 23.1 Å². The molecule has 0 aromatic heterocycles. The van der Waals surface area contributed by atoms with Gasteiger partial charge in [0.25, 0.3) is 0 Å². The number of hydrogen-bond donors (Lipinski definition) is 2. The third-order valence-electron chi connectivity index (χ3n) is 2.43. The fourth-order valence-electron chi connectivity index (χ4n) is 1.57. The van der Waals surface area contributed by atoms with E-state index in [-0.39, 0.29) is 23.4 Å². The van der Waals surface area contributed by atoms with Gasteiger partial charge in [0, 0.05) is 13.0 Å². The quantitative estimate of drug-likeness (QED) is 0.709. The van der Waals surface area contributed by atoms with Gasteiger partial charge >= 0.3 is 5.97 Å². The molecule has 1 aromatic rings. The molecule has 0 fully saturated rings. The van der Waals surface area contributed by atoms with E-state index in [1.807, 2.05) is 6.07 Å². The zero-order valence-electron chi connectivity index (χ0n) is 10.8. The number of ether oxygens (including phenoxy) is 1. The van der Waals surface area contributed by atoms with Crippen molar-refractivity contribution < 1.29 is 23.1 Å². The van der Waals surface area contributed by atoms with Gasteiger partial charge in [-0.2, -0.15) is 5.26 Å². The number of benzene rings is 1. The Morgan fingerprint density at radius 1 is 1.50 bits per heavy atom. The minimum absolute atomic E-state index is 0.0304. The Morgan fingerprint density at radius 3 is 2.75 bits per heavy atom. The standard InChI is InChI=1S/C12H14N2O5S/c1-19-10-3-4-11(9(7-10)8-12(15)16)20(17,18)14-6-2-5-13/h3-4,7,14H,2,6,8H2,1H3,(H,15,16). The Labute approximate surface area is 116 Å². The molecule has 0 aliphatic carbocycles. The molecule has 0 unspecified atom stereocenters. The highest BCUT2D eigenvalue weighted by Crippen LogP contribution is 2.22. The molecule has 108 valence electrons. The Morgan fingerprint density at radius 2 is 2.20 bits per heavy atom. The van der Waals surface area contributed by atoms with E-state index in [1.165, 1.54) is 25.3 Å². The first-order valence-electron chi connectivity index (χ1n) is 5.66. The lowest BCUT2D eigenvalue weighted by atomic mass is 10.1. The summed E-state index contributed by atoms with van der Waals surface area (Å²) in [5.41, 5.74) is 0.126. The van der Waals surface area contributed by atoms with Gasteiger partial charge in [-0.15, -0.1) is 0 Å². The van der Waals surface area contributed by atoms with Crippen LogP contribution in [0.1, 0.15) is 12.0 Å². The monoisotopic (exact) mass is 298 g/mol. The molecule has 1 rings (SSSR count). The van der Waals surface area contributed by atoms with E-state index in [2.05, 4.69) is 4.72 Å². The second-order valence-corrected chi connectivity index (χ2v) is 5.59. The zero-order valence-corrected chi connectivity index (χ0v) is 11.6.